The Bertz CT molecular complexity index is 673. The molecule has 1 aliphatic rings. The number of hydrogen-bond acceptors (Lipinski definition) is 2. The summed E-state index contributed by atoms with van der Waals surface area (Å²) < 4.78 is 0. The van der Waals surface area contributed by atoms with Crippen LogP contribution in [0.1, 0.15) is 39.0 Å². The molecule has 1 aromatic heterocycles. The van der Waals surface area contributed by atoms with Crippen LogP contribution in [0.2, 0.25) is 0 Å². The van der Waals surface area contributed by atoms with Crippen molar-refractivity contribution in [1.29, 1.82) is 0 Å². The number of Topliss-reactive ketones (excluding diaryl/α,β-unsaturated/α-hetero) is 1. The van der Waals surface area contributed by atoms with Crippen LogP contribution in [0, 0.1) is 0 Å². The third-order valence-electron chi connectivity index (χ3n) is 3.71. The third-order valence-corrected chi connectivity index (χ3v) is 3.71. The molecule has 0 spiro atoms. The molecule has 3 rings (SSSR count). The number of aromatic nitrogens is 1. The lowest BCUT2D eigenvalue weighted by Gasteiger charge is -2.28. The van der Waals surface area contributed by atoms with Gasteiger partial charge in [-0.1, -0.05) is 24.3 Å². The maximum absolute atomic E-state index is 12.4. The van der Waals surface area contributed by atoms with Crippen molar-refractivity contribution in [3.8, 4) is 0 Å². The zero-order valence-corrected chi connectivity index (χ0v) is 11.3. The first-order valence-electron chi connectivity index (χ1n) is 6.71. The molecule has 4 nitrogen and oxygen atoms in total. The summed E-state index contributed by atoms with van der Waals surface area (Å²) in [5, 5.41) is 0. The van der Waals surface area contributed by atoms with Gasteiger partial charge < -0.3 is 9.88 Å². The topological polar surface area (TPSA) is 53.2 Å². The van der Waals surface area contributed by atoms with E-state index >= 15 is 0 Å². The van der Waals surface area contributed by atoms with E-state index in [9.17, 15) is 9.59 Å². The van der Waals surface area contributed by atoms with Gasteiger partial charge in [-0.05, 0) is 29.7 Å². The van der Waals surface area contributed by atoms with Crippen LogP contribution in [0.5, 0.6) is 0 Å². The van der Waals surface area contributed by atoms with E-state index in [0.717, 1.165) is 6.42 Å². The number of carbonyl (C=O) groups is 2. The maximum Gasteiger partial charge on any atom is 0.270 e. The van der Waals surface area contributed by atoms with Crippen molar-refractivity contribution in [1.82, 2.24) is 9.88 Å². The van der Waals surface area contributed by atoms with Crippen molar-refractivity contribution in [2.75, 3.05) is 6.54 Å². The van der Waals surface area contributed by atoms with Crippen LogP contribution >= 0.6 is 0 Å². The van der Waals surface area contributed by atoms with E-state index < -0.39 is 0 Å². The molecule has 0 saturated carbocycles. The van der Waals surface area contributed by atoms with Crippen LogP contribution in [0.15, 0.2) is 36.4 Å². The van der Waals surface area contributed by atoms with E-state index in [4.69, 9.17) is 0 Å². The highest BCUT2D eigenvalue weighted by molar-refractivity contribution is 5.97. The van der Waals surface area contributed by atoms with E-state index in [2.05, 4.69) is 17.1 Å². The monoisotopic (exact) mass is 268 g/mol. The van der Waals surface area contributed by atoms with Crippen LogP contribution in [0.25, 0.3) is 0 Å². The summed E-state index contributed by atoms with van der Waals surface area (Å²) in [4.78, 5) is 28.4. The smallest absolute Gasteiger partial charge is 0.270 e. The first-order chi connectivity index (χ1) is 9.65. The molecule has 0 unspecified atom stereocenters. The van der Waals surface area contributed by atoms with Crippen molar-refractivity contribution in [2.24, 2.45) is 0 Å². The second-order valence-electron chi connectivity index (χ2n) is 5.09. The van der Waals surface area contributed by atoms with E-state index in [0.29, 0.717) is 24.5 Å². The summed E-state index contributed by atoms with van der Waals surface area (Å²) in [5.41, 5.74) is 3.47. The predicted octanol–water partition coefficient (Wildman–Crippen LogP) is 2.42. The van der Waals surface area contributed by atoms with Gasteiger partial charge in [-0.15, -0.1) is 0 Å². The summed E-state index contributed by atoms with van der Waals surface area (Å²) in [6.45, 7) is 2.82. The van der Waals surface area contributed by atoms with Crippen molar-refractivity contribution >= 4 is 11.7 Å². The van der Waals surface area contributed by atoms with Crippen molar-refractivity contribution < 1.29 is 9.59 Å². The number of H-pyrrole nitrogens is 1. The van der Waals surface area contributed by atoms with Gasteiger partial charge in [-0.25, -0.2) is 0 Å². The summed E-state index contributed by atoms with van der Waals surface area (Å²) in [6.07, 6.45) is 0.877. The predicted molar refractivity (Wildman–Crippen MR) is 75.7 cm³/mol. The highest BCUT2D eigenvalue weighted by Gasteiger charge is 2.22. The molecule has 0 radical (unpaired) electrons. The zero-order chi connectivity index (χ0) is 14.1. The molecule has 1 N–H and O–H groups in total. The van der Waals surface area contributed by atoms with Crippen molar-refractivity contribution in [2.45, 2.75) is 19.9 Å². The Morgan fingerprint density at radius 3 is 2.45 bits per heavy atom. The second kappa shape index (κ2) is 4.96. The molecule has 0 saturated heterocycles. The molecular weight excluding hydrogens is 252 g/mol. The fourth-order valence-corrected chi connectivity index (χ4v) is 2.56. The molecule has 0 fully saturated rings. The standard InChI is InChI=1S/C16H16N2O2/c1-11(19)14-6-7-15(17-14)16(20)18-9-8-12-4-2-3-5-13(12)10-18/h2-7,17H,8-10H2,1H3. The summed E-state index contributed by atoms with van der Waals surface area (Å²) >= 11 is 0. The Morgan fingerprint density at radius 1 is 1.05 bits per heavy atom. The lowest BCUT2D eigenvalue weighted by Crippen LogP contribution is -2.36. The molecule has 2 aromatic rings. The number of carbonyl (C=O) groups excluding carboxylic acids is 2. The van der Waals surface area contributed by atoms with Gasteiger partial charge in [0.05, 0.1) is 5.69 Å². The number of aromatic amines is 1. The number of hydrogen-bond donors (Lipinski definition) is 1. The fraction of sp³-hybridized carbons (Fsp3) is 0.250. The van der Waals surface area contributed by atoms with Gasteiger partial charge in [0, 0.05) is 20.0 Å². The molecule has 1 amide bonds. The molecule has 20 heavy (non-hydrogen) atoms. The van der Waals surface area contributed by atoms with Gasteiger partial charge in [0.1, 0.15) is 5.69 Å². The molecule has 0 aliphatic carbocycles. The first-order valence-corrected chi connectivity index (χ1v) is 6.71. The molecule has 1 aromatic carbocycles. The van der Waals surface area contributed by atoms with Crippen LogP contribution in [0.3, 0.4) is 0 Å². The quantitative estimate of drug-likeness (QED) is 0.850. The van der Waals surface area contributed by atoms with Gasteiger partial charge in [0.15, 0.2) is 5.78 Å². The minimum absolute atomic E-state index is 0.0491. The molecule has 4 heteroatoms. The van der Waals surface area contributed by atoms with Crippen LogP contribution in [-0.4, -0.2) is 28.1 Å². The second-order valence-corrected chi connectivity index (χ2v) is 5.09. The molecule has 102 valence electrons. The zero-order valence-electron chi connectivity index (χ0n) is 11.3. The normalized spacial score (nSPS) is 13.9. The molecule has 0 atom stereocenters. The number of nitrogens with one attached hydrogen (secondary N) is 1. The average Bonchev–Trinajstić information content (AvgIpc) is 2.96. The molecular formula is C16H16N2O2. The van der Waals surface area contributed by atoms with E-state index in [1.54, 1.807) is 12.1 Å². The molecule has 2 heterocycles. The minimum Gasteiger partial charge on any atom is -0.348 e. The number of ketones is 1. The van der Waals surface area contributed by atoms with Gasteiger partial charge in [0.2, 0.25) is 0 Å². The van der Waals surface area contributed by atoms with Gasteiger partial charge in [-0.2, -0.15) is 0 Å². The number of benzene rings is 1. The van der Waals surface area contributed by atoms with Gasteiger partial charge in [0.25, 0.3) is 5.91 Å². The Balaban J connectivity index is 1.80. The van der Waals surface area contributed by atoms with Crippen LogP contribution in [0.4, 0.5) is 0 Å². The Morgan fingerprint density at radius 2 is 1.75 bits per heavy atom. The van der Waals surface area contributed by atoms with E-state index in [-0.39, 0.29) is 11.7 Å². The molecule has 0 bridgehead atoms. The maximum atomic E-state index is 12.4. The first kappa shape index (κ1) is 12.7. The largest absolute Gasteiger partial charge is 0.348 e. The summed E-state index contributed by atoms with van der Waals surface area (Å²) in [7, 11) is 0. The van der Waals surface area contributed by atoms with Gasteiger partial charge in [-0.3, -0.25) is 9.59 Å². The van der Waals surface area contributed by atoms with Crippen LogP contribution < -0.4 is 0 Å². The highest BCUT2D eigenvalue weighted by atomic mass is 16.2. The lowest BCUT2D eigenvalue weighted by atomic mass is 10.00. The molecule has 1 aliphatic heterocycles. The number of fused-ring (bicyclic) bond motifs is 1. The SMILES string of the molecule is CC(=O)c1ccc(C(=O)N2CCc3ccccc3C2)[nH]1. The summed E-state index contributed by atoms with van der Waals surface area (Å²) in [5.74, 6) is -0.111. The average molecular weight is 268 g/mol. The number of rotatable bonds is 2. The van der Waals surface area contributed by atoms with E-state index in [1.165, 1.54) is 18.1 Å². The van der Waals surface area contributed by atoms with Crippen molar-refractivity contribution in [3.63, 3.8) is 0 Å². The Hall–Kier alpha value is -2.36. The fourth-order valence-electron chi connectivity index (χ4n) is 2.56. The van der Waals surface area contributed by atoms with Gasteiger partial charge >= 0.3 is 0 Å². The summed E-state index contributed by atoms with van der Waals surface area (Å²) in [6, 6.07) is 11.5. The number of nitrogens with zero attached hydrogens (tertiary/aromatic N) is 1. The Kier molecular flexibility index (Phi) is 3.14. The third kappa shape index (κ3) is 2.25. The van der Waals surface area contributed by atoms with E-state index in [1.807, 2.05) is 17.0 Å². The highest BCUT2D eigenvalue weighted by Crippen LogP contribution is 2.20. The Labute approximate surface area is 117 Å². The number of amides is 1. The lowest BCUT2D eigenvalue weighted by molar-refractivity contribution is 0.0729. The van der Waals surface area contributed by atoms with Crippen LogP contribution in [-0.2, 0) is 13.0 Å². The van der Waals surface area contributed by atoms with Crippen molar-refractivity contribution in [3.05, 3.63) is 58.9 Å². The minimum atomic E-state index is -0.0620.